The van der Waals surface area contributed by atoms with Crippen LogP contribution in [0.25, 0.3) is 11.0 Å². The monoisotopic (exact) mass is 415 g/mol. The molecule has 0 fully saturated rings. The van der Waals surface area contributed by atoms with Gasteiger partial charge in [0.2, 0.25) is 11.9 Å². The number of aromatic nitrogens is 3. The van der Waals surface area contributed by atoms with Gasteiger partial charge >= 0.3 is 0 Å². The third-order valence-corrected chi connectivity index (χ3v) is 4.53. The molecule has 2 aromatic heterocycles. The van der Waals surface area contributed by atoms with E-state index in [0.717, 1.165) is 11.1 Å². The second kappa shape index (κ2) is 8.54. The van der Waals surface area contributed by atoms with Crippen LogP contribution in [0, 0.1) is 0 Å². The van der Waals surface area contributed by atoms with E-state index in [9.17, 15) is 9.59 Å². The van der Waals surface area contributed by atoms with Gasteiger partial charge in [-0.05, 0) is 42.5 Å². The average Bonchev–Trinajstić information content (AvgIpc) is 3.23. The number of para-hydroxylation sites is 1. The highest BCUT2D eigenvalue weighted by Crippen LogP contribution is 2.27. The number of anilines is 5. The van der Waals surface area contributed by atoms with Crippen molar-refractivity contribution in [3.05, 3.63) is 66.4 Å². The van der Waals surface area contributed by atoms with Crippen molar-refractivity contribution >= 4 is 51.7 Å². The number of aromatic amines is 1. The number of benzene rings is 2. The predicted molar refractivity (Wildman–Crippen MR) is 121 cm³/mol. The summed E-state index contributed by atoms with van der Waals surface area (Å²) >= 11 is 0. The fourth-order valence-corrected chi connectivity index (χ4v) is 3.11. The molecular formula is C22H21N7O2. The minimum atomic E-state index is -0.194. The van der Waals surface area contributed by atoms with Crippen LogP contribution in [0.4, 0.5) is 28.8 Å². The summed E-state index contributed by atoms with van der Waals surface area (Å²) in [6.45, 7) is 1.46. The first kappa shape index (κ1) is 19.9. The molecule has 0 unspecified atom stereocenters. The lowest BCUT2D eigenvalue weighted by atomic mass is 10.1. The first-order chi connectivity index (χ1) is 15.0. The molecule has 0 aliphatic heterocycles. The van der Waals surface area contributed by atoms with E-state index in [-0.39, 0.29) is 11.8 Å². The molecule has 2 amide bonds. The molecule has 5 N–H and O–H groups in total. The van der Waals surface area contributed by atoms with E-state index in [4.69, 9.17) is 0 Å². The van der Waals surface area contributed by atoms with Gasteiger partial charge in [-0.3, -0.25) is 9.59 Å². The molecule has 9 heteroatoms. The Morgan fingerprint density at radius 3 is 2.39 bits per heavy atom. The Morgan fingerprint density at radius 2 is 1.65 bits per heavy atom. The Labute approximate surface area is 178 Å². The molecule has 0 atom stereocenters. The molecule has 0 saturated carbocycles. The summed E-state index contributed by atoms with van der Waals surface area (Å²) in [5.74, 6) is 0.608. The van der Waals surface area contributed by atoms with Crippen LogP contribution in [0.1, 0.15) is 17.3 Å². The van der Waals surface area contributed by atoms with E-state index >= 15 is 0 Å². The number of nitrogens with one attached hydrogen (secondary N) is 5. The standard InChI is InChI=1S/C22H21N7O2/c1-13(30)25-14-7-9-15(10-8-14)26-22-28-19-17(11-12-24-19)20(29-22)27-18-6-4-3-5-16(18)21(31)23-2/h3-12H,1-2H3,(H,23,31)(H,25,30)(H3,24,26,27,28,29). The number of H-pyrrole nitrogens is 1. The van der Waals surface area contributed by atoms with Gasteiger partial charge in [-0.25, -0.2) is 0 Å². The number of carbonyl (C=O) groups excluding carboxylic acids is 2. The van der Waals surface area contributed by atoms with Gasteiger partial charge in [-0.1, -0.05) is 12.1 Å². The highest BCUT2D eigenvalue weighted by atomic mass is 16.2. The lowest BCUT2D eigenvalue weighted by Crippen LogP contribution is -2.19. The van der Waals surface area contributed by atoms with E-state index in [1.165, 1.54) is 6.92 Å². The summed E-state index contributed by atoms with van der Waals surface area (Å²) in [5, 5.41) is 12.6. The van der Waals surface area contributed by atoms with E-state index < -0.39 is 0 Å². The number of amides is 2. The predicted octanol–water partition coefficient (Wildman–Crippen LogP) is 3.76. The van der Waals surface area contributed by atoms with Crippen molar-refractivity contribution in [3.63, 3.8) is 0 Å². The molecule has 9 nitrogen and oxygen atoms in total. The Balaban J connectivity index is 1.65. The van der Waals surface area contributed by atoms with Crippen molar-refractivity contribution in [2.45, 2.75) is 6.92 Å². The molecule has 0 bridgehead atoms. The van der Waals surface area contributed by atoms with Crippen LogP contribution in [-0.4, -0.2) is 33.8 Å². The summed E-state index contributed by atoms with van der Waals surface area (Å²) in [7, 11) is 1.59. The van der Waals surface area contributed by atoms with Gasteiger partial charge in [0.1, 0.15) is 11.5 Å². The molecule has 31 heavy (non-hydrogen) atoms. The number of rotatable bonds is 6. The highest BCUT2D eigenvalue weighted by Gasteiger charge is 2.14. The molecule has 2 aromatic carbocycles. The fourth-order valence-electron chi connectivity index (χ4n) is 3.11. The second-order valence-corrected chi connectivity index (χ2v) is 6.77. The number of carbonyl (C=O) groups is 2. The van der Waals surface area contributed by atoms with Crippen molar-refractivity contribution in [2.24, 2.45) is 0 Å². The maximum Gasteiger partial charge on any atom is 0.253 e. The van der Waals surface area contributed by atoms with E-state index in [1.807, 2.05) is 30.3 Å². The second-order valence-electron chi connectivity index (χ2n) is 6.77. The third-order valence-electron chi connectivity index (χ3n) is 4.53. The number of hydrogen-bond donors (Lipinski definition) is 5. The average molecular weight is 415 g/mol. The Hall–Kier alpha value is -4.40. The van der Waals surface area contributed by atoms with Gasteiger partial charge in [0.15, 0.2) is 0 Å². The van der Waals surface area contributed by atoms with Crippen LogP contribution in [0.3, 0.4) is 0 Å². The topological polar surface area (TPSA) is 124 Å². The van der Waals surface area contributed by atoms with Crippen LogP contribution < -0.4 is 21.3 Å². The van der Waals surface area contributed by atoms with Gasteiger partial charge < -0.3 is 26.3 Å². The SMILES string of the molecule is CNC(=O)c1ccccc1Nc1nc(Nc2ccc(NC(C)=O)cc2)nc2[nH]ccc12. The summed E-state index contributed by atoms with van der Waals surface area (Å²) in [4.78, 5) is 35.6. The first-order valence-electron chi connectivity index (χ1n) is 9.61. The van der Waals surface area contributed by atoms with E-state index in [2.05, 4.69) is 36.2 Å². The summed E-state index contributed by atoms with van der Waals surface area (Å²) in [5.41, 5.74) is 3.25. The molecule has 0 saturated heterocycles. The Kier molecular flexibility index (Phi) is 5.48. The zero-order chi connectivity index (χ0) is 21.8. The molecule has 0 spiro atoms. The molecule has 156 valence electrons. The molecule has 2 heterocycles. The van der Waals surface area contributed by atoms with Crippen LogP contribution in [-0.2, 0) is 4.79 Å². The summed E-state index contributed by atoms with van der Waals surface area (Å²) in [6.07, 6.45) is 1.78. The molecule has 0 aliphatic rings. The van der Waals surface area contributed by atoms with Crippen molar-refractivity contribution < 1.29 is 9.59 Å². The Morgan fingerprint density at radius 1 is 0.903 bits per heavy atom. The fraction of sp³-hybridized carbons (Fsp3) is 0.0909. The normalized spacial score (nSPS) is 10.5. The first-order valence-corrected chi connectivity index (χ1v) is 9.61. The highest BCUT2D eigenvalue weighted by molar-refractivity contribution is 6.01. The van der Waals surface area contributed by atoms with Gasteiger partial charge in [0, 0.05) is 31.5 Å². The van der Waals surface area contributed by atoms with Crippen LogP contribution in [0.15, 0.2) is 60.8 Å². The lowest BCUT2D eigenvalue weighted by Gasteiger charge is -2.13. The lowest BCUT2D eigenvalue weighted by molar-refractivity contribution is -0.114. The van der Waals surface area contributed by atoms with Crippen molar-refractivity contribution in [1.29, 1.82) is 0 Å². The number of hydrogen-bond acceptors (Lipinski definition) is 6. The van der Waals surface area contributed by atoms with Crippen molar-refractivity contribution in [3.8, 4) is 0 Å². The van der Waals surface area contributed by atoms with E-state index in [1.54, 1.807) is 37.5 Å². The molecular weight excluding hydrogens is 394 g/mol. The van der Waals surface area contributed by atoms with Crippen molar-refractivity contribution in [2.75, 3.05) is 23.0 Å². The molecule has 0 radical (unpaired) electrons. The van der Waals surface area contributed by atoms with Crippen molar-refractivity contribution in [1.82, 2.24) is 20.3 Å². The largest absolute Gasteiger partial charge is 0.355 e. The summed E-state index contributed by atoms with van der Waals surface area (Å²) in [6, 6.07) is 16.3. The maximum atomic E-state index is 12.2. The molecule has 4 rings (SSSR count). The quantitative estimate of drug-likeness (QED) is 0.327. The zero-order valence-corrected chi connectivity index (χ0v) is 17.0. The van der Waals surface area contributed by atoms with Gasteiger partial charge in [0.25, 0.3) is 5.91 Å². The smallest absolute Gasteiger partial charge is 0.253 e. The number of fused-ring (bicyclic) bond motifs is 1. The van der Waals surface area contributed by atoms with Gasteiger partial charge in [0.05, 0.1) is 16.6 Å². The molecule has 4 aromatic rings. The van der Waals surface area contributed by atoms with Gasteiger partial charge in [-0.15, -0.1) is 0 Å². The molecule has 0 aliphatic carbocycles. The zero-order valence-electron chi connectivity index (χ0n) is 17.0. The van der Waals surface area contributed by atoms with Crippen LogP contribution in [0.2, 0.25) is 0 Å². The van der Waals surface area contributed by atoms with Crippen LogP contribution >= 0.6 is 0 Å². The Bertz CT molecular complexity index is 1250. The number of nitrogens with zero attached hydrogens (tertiary/aromatic N) is 2. The summed E-state index contributed by atoms with van der Waals surface area (Å²) < 4.78 is 0. The minimum absolute atomic E-state index is 0.131. The maximum absolute atomic E-state index is 12.2. The van der Waals surface area contributed by atoms with Crippen LogP contribution in [0.5, 0.6) is 0 Å². The third kappa shape index (κ3) is 4.45. The van der Waals surface area contributed by atoms with Gasteiger partial charge in [-0.2, -0.15) is 9.97 Å². The van der Waals surface area contributed by atoms with E-state index in [0.29, 0.717) is 34.4 Å². The minimum Gasteiger partial charge on any atom is -0.355 e.